The first kappa shape index (κ1) is 14.4. The largest absolute Gasteiger partial charge is 0.482 e. The van der Waals surface area contributed by atoms with Crippen LogP contribution in [0.5, 0.6) is 5.75 Å². The molecule has 2 nitrogen and oxygen atoms in total. The molecule has 2 rings (SSSR count). The van der Waals surface area contributed by atoms with Gasteiger partial charge in [0.15, 0.2) is 18.2 Å². The van der Waals surface area contributed by atoms with Crippen molar-refractivity contribution in [3.8, 4) is 5.75 Å². The second-order valence-corrected chi connectivity index (χ2v) is 4.27. The first-order chi connectivity index (χ1) is 9.50. The maximum absolute atomic E-state index is 13.5. The normalized spacial score (nSPS) is 10.4. The monoisotopic (exact) mass is 300 g/mol. The average molecular weight is 301 g/mol. The molecule has 0 bridgehead atoms. The number of halogens is 4. The van der Waals surface area contributed by atoms with Gasteiger partial charge in [0.25, 0.3) is 0 Å². The van der Waals surface area contributed by atoms with Crippen molar-refractivity contribution in [2.75, 3.05) is 6.61 Å². The summed E-state index contributed by atoms with van der Waals surface area (Å²) in [7, 11) is 0. The molecule has 0 aromatic heterocycles. The zero-order chi connectivity index (χ0) is 14.7. The Morgan fingerprint density at radius 1 is 1.05 bits per heavy atom. The molecule has 0 spiro atoms. The minimum atomic E-state index is -0.995. The molecule has 2 aromatic carbocycles. The number of hydrogen-bond acceptors (Lipinski definition) is 2. The van der Waals surface area contributed by atoms with E-state index in [9.17, 15) is 18.0 Å². The van der Waals surface area contributed by atoms with Crippen molar-refractivity contribution in [1.82, 2.24) is 0 Å². The van der Waals surface area contributed by atoms with Crippen LogP contribution in [0.4, 0.5) is 13.2 Å². The minimum Gasteiger partial charge on any atom is -0.482 e. The molecule has 6 heteroatoms. The third-order valence-corrected chi connectivity index (χ3v) is 2.81. The third kappa shape index (κ3) is 2.93. The number of Topliss-reactive ketones (excluding diaryl/α,β-unsaturated/α-hetero) is 1. The standard InChI is InChI=1S/C14H8ClF3O2/c15-8-3-1-6-12(14(8)18)20-7-11(19)13-9(16)4-2-5-10(13)17/h1-6H,7H2. The van der Waals surface area contributed by atoms with Crippen LogP contribution in [0, 0.1) is 17.5 Å². The van der Waals surface area contributed by atoms with Crippen LogP contribution in [0.25, 0.3) is 0 Å². The quantitative estimate of drug-likeness (QED) is 0.797. The van der Waals surface area contributed by atoms with Gasteiger partial charge in [0, 0.05) is 0 Å². The summed E-state index contributed by atoms with van der Waals surface area (Å²) in [5.74, 6) is -4.02. The van der Waals surface area contributed by atoms with Crippen LogP contribution >= 0.6 is 11.6 Å². The summed E-state index contributed by atoms with van der Waals surface area (Å²) in [6.45, 7) is -0.699. The topological polar surface area (TPSA) is 26.3 Å². The first-order valence-corrected chi connectivity index (χ1v) is 5.92. The Bertz CT molecular complexity index is 639. The van der Waals surface area contributed by atoms with Gasteiger partial charge in [0.2, 0.25) is 5.78 Å². The predicted molar refractivity (Wildman–Crippen MR) is 67.6 cm³/mol. The number of carbonyl (C=O) groups is 1. The molecule has 0 aliphatic carbocycles. The highest BCUT2D eigenvalue weighted by Crippen LogP contribution is 2.24. The lowest BCUT2D eigenvalue weighted by Crippen LogP contribution is -2.15. The maximum atomic E-state index is 13.5. The lowest BCUT2D eigenvalue weighted by atomic mass is 10.1. The van der Waals surface area contributed by atoms with Crippen molar-refractivity contribution < 1.29 is 22.7 Å². The van der Waals surface area contributed by atoms with Crippen molar-refractivity contribution in [2.45, 2.75) is 0 Å². The van der Waals surface area contributed by atoms with Crippen LogP contribution in [0.2, 0.25) is 5.02 Å². The van der Waals surface area contributed by atoms with Crippen LogP contribution in [-0.2, 0) is 0 Å². The van der Waals surface area contributed by atoms with Gasteiger partial charge in [0.05, 0.1) is 10.6 Å². The molecule has 104 valence electrons. The van der Waals surface area contributed by atoms with Gasteiger partial charge >= 0.3 is 0 Å². The molecule has 0 radical (unpaired) electrons. The van der Waals surface area contributed by atoms with E-state index in [2.05, 4.69) is 0 Å². The molecular weight excluding hydrogens is 293 g/mol. The van der Waals surface area contributed by atoms with E-state index in [1.54, 1.807) is 0 Å². The highest BCUT2D eigenvalue weighted by molar-refractivity contribution is 6.30. The second kappa shape index (κ2) is 5.96. The summed E-state index contributed by atoms with van der Waals surface area (Å²) in [5.41, 5.74) is -0.713. The molecule has 2 aromatic rings. The van der Waals surface area contributed by atoms with E-state index in [4.69, 9.17) is 16.3 Å². The number of carbonyl (C=O) groups excluding carboxylic acids is 1. The fourth-order valence-electron chi connectivity index (χ4n) is 1.58. The van der Waals surface area contributed by atoms with Gasteiger partial charge in [-0.15, -0.1) is 0 Å². The van der Waals surface area contributed by atoms with Gasteiger partial charge in [-0.3, -0.25) is 4.79 Å². The fourth-order valence-corrected chi connectivity index (χ4v) is 1.74. The molecule has 0 heterocycles. The molecule has 0 atom stereocenters. The van der Waals surface area contributed by atoms with Crippen LogP contribution in [0.3, 0.4) is 0 Å². The summed E-state index contributed by atoms with van der Waals surface area (Å²) in [5, 5.41) is -0.174. The van der Waals surface area contributed by atoms with Crippen molar-refractivity contribution in [3.05, 3.63) is 64.4 Å². The first-order valence-electron chi connectivity index (χ1n) is 5.54. The van der Waals surface area contributed by atoms with Gasteiger partial charge in [-0.25, -0.2) is 13.2 Å². The molecule has 0 N–H and O–H groups in total. The Labute approximate surface area is 117 Å². The van der Waals surface area contributed by atoms with E-state index in [-0.39, 0.29) is 10.8 Å². The van der Waals surface area contributed by atoms with Crippen LogP contribution in [0.1, 0.15) is 10.4 Å². The zero-order valence-corrected chi connectivity index (χ0v) is 10.8. The second-order valence-electron chi connectivity index (χ2n) is 3.86. The van der Waals surface area contributed by atoms with E-state index in [1.165, 1.54) is 18.2 Å². The van der Waals surface area contributed by atoms with E-state index in [1.807, 2.05) is 0 Å². The van der Waals surface area contributed by atoms with Crippen molar-refractivity contribution in [1.29, 1.82) is 0 Å². The summed E-state index contributed by atoms with van der Waals surface area (Å²) >= 11 is 5.54. The highest BCUT2D eigenvalue weighted by Gasteiger charge is 2.18. The number of rotatable bonds is 4. The van der Waals surface area contributed by atoms with Gasteiger partial charge < -0.3 is 4.74 Å². The van der Waals surface area contributed by atoms with Gasteiger partial charge in [0.1, 0.15) is 11.6 Å². The summed E-state index contributed by atoms with van der Waals surface area (Å²) in [6, 6.07) is 7.04. The summed E-state index contributed by atoms with van der Waals surface area (Å²) < 4.78 is 45.1. The maximum Gasteiger partial charge on any atom is 0.206 e. The van der Waals surface area contributed by atoms with E-state index >= 15 is 0 Å². The lowest BCUT2D eigenvalue weighted by Gasteiger charge is -2.08. The number of hydrogen-bond donors (Lipinski definition) is 0. The third-order valence-electron chi connectivity index (χ3n) is 2.52. The Hall–Kier alpha value is -2.01. The molecule has 20 heavy (non-hydrogen) atoms. The molecule has 0 saturated heterocycles. The molecule has 0 saturated carbocycles. The summed E-state index contributed by atoms with van der Waals surface area (Å²) in [6.07, 6.45) is 0. The molecule has 0 unspecified atom stereocenters. The Kier molecular flexibility index (Phi) is 4.29. The number of ether oxygens (including phenoxy) is 1. The van der Waals surface area contributed by atoms with Crippen molar-refractivity contribution >= 4 is 17.4 Å². The van der Waals surface area contributed by atoms with Crippen LogP contribution < -0.4 is 4.74 Å². The van der Waals surface area contributed by atoms with Crippen molar-refractivity contribution in [3.63, 3.8) is 0 Å². The SMILES string of the molecule is O=C(COc1cccc(Cl)c1F)c1c(F)cccc1F. The molecule has 0 amide bonds. The van der Waals surface area contributed by atoms with Crippen LogP contribution in [-0.4, -0.2) is 12.4 Å². The fraction of sp³-hybridized carbons (Fsp3) is 0.0714. The zero-order valence-electron chi connectivity index (χ0n) is 10.00. The molecular formula is C14H8ClF3O2. The lowest BCUT2D eigenvalue weighted by molar-refractivity contribution is 0.0910. The van der Waals surface area contributed by atoms with Gasteiger partial charge in [-0.2, -0.15) is 0 Å². The highest BCUT2D eigenvalue weighted by atomic mass is 35.5. The molecule has 0 aliphatic heterocycles. The number of benzene rings is 2. The molecule has 0 aliphatic rings. The van der Waals surface area contributed by atoms with Gasteiger partial charge in [-0.05, 0) is 24.3 Å². The predicted octanol–water partition coefficient (Wildman–Crippen LogP) is 4.02. The van der Waals surface area contributed by atoms with E-state index < -0.39 is 35.4 Å². The molecule has 0 fully saturated rings. The van der Waals surface area contributed by atoms with Gasteiger partial charge in [-0.1, -0.05) is 23.7 Å². The number of ketones is 1. The summed E-state index contributed by atoms with van der Waals surface area (Å²) in [4.78, 5) is 11.7. The minimum absolute atomic E-state index is 0.174. The van der Waals surface area contributed by atoms with E-state index in [0.29, 0.717) is 0 Å². The Morgan fingerprint density at radius 2 is 1.65 bits per heavy atom. The smallest absolute Gasteiger partial charge is 0.206 e. The van der Waals surface area contributed by atoms with Crippen LogP contribution in [0.15, 0.2) is 36.4 Å². The Morgan fingerprint density at radius 3 is 2.30 bits per heavy atom. The van der Waals surface area contributed by atoms with E-state index in [0.717, 1.165) is 18.2 Å². The van der Waals surface area contributed by atoms with Crippen molar-refractivity contribution in [2.24, 2.45) is 0 Å². The Balaban J connectivity index is 2.15. The average Bonchev–Trinajstić information content (AvgIpc) is 2.40.